The van der Waals surface area contributed by atoms with E-state index >= 15 is 0 Å². The molecule has 3 aromatic carbocycles. The number of nitrogens with one attached hydrogen (secondary N) is 1. The second-order valence-electron chi connectivity index (χ2n) is 8.79. The van der Waals surface area contributed by atoms with Crippen LogP contribution < -0.4 is 10.2 Å². The molecular formula is C26H23F7N4O. The number of anilines is 2. The molecule has 0 aliphatic rings. The predicted octanol–water partition coefficient (Wildman–Crippen LogP) is 6.20. The van der Waals surface area contributed by atoms with E-state index in [-0.39, 0.29) is 17.9 Å². The molecule has 0 bridgehead atoms. The summed E-state index contributed by atoms with van der Waals surface area (Å²) in [4.78, 5) is 0.948. The van der Waals surface area contributed by atoms with Crippen LogP contribution in [0.5, 0.6) is 0 Å². The van der Waals surface area contributed by atoms with Gasteiger partial charge in [0.25, 0.3) is 0 Å². The fourth-order valence-corrected chi connectivity index (χ4v) is 4.14. The van der Waals surface area contributed by atoms with Gasteiger partial charge in [-0.15, -0.1) is 0 Å². The number of rotatable bonds is 9. The molecule has 0 saturated heterocycles. The molecule has 5 nitrogen and oxygen atoms in total. The molecule has 4 rings (SSSR count). The largest absolute Gasteiger partial charge is 0.420 e. The average molecular weight is 540 g/mol. The summed E-state index contributed by atoms with van der Waals surface area (Å²) in [5, 5.41) is 17.8. The number of hydrogen-bond acceptors (Lipinski definition) is 4. The third kappa shape index (κ3) is 5.40. The van der Waals surface area contributed by atoms with Crippen molar-refractivity contribution in [2.75, 3.05) is 29.9 Å². The Bertz CT molecular complexity index is 1440. The lowest BCUT2D eigenvalue weighted by Crippen LogP contribution is -2.58. The smallest absolute Gasteiger partial charge is 0.381 e. The lowest BCUT2D eigenvalue weighted by Gasteiger charge is -2.37. The number of fused-ring (bicyclic) bond motifs is 1. The van der Waals surface area contributed by atoms with E-state index in [1.165, 1.54) is 29.1 Å². The Morgan fingerprint density at radius 1 is 0.947 bits per heavy atom. The Labute approximate surface area is 213 Å². The van der Waals surface area contributed by atoms with Gasteiger partial charge in [-0.05, 0) is 42.8 Å². The molecule has 0 radical (unpaired) electrons. The van der Waals surface area contributed by atoms with E-state index in [2.05, 4.69) is 10.4 Å². The van der Waals surface area contributed by atoms with Gasteiger partial charge in [-0.3, -0.25) is 0 Å². The van der Waals surface area contributed by atoms with Crippen LogP contribution in [-0.2, 0) is 0 Å². The van der Waals surface area contributed by atoms with Gasteiger partial charge in [-0.25, -0.2) is 22.2 Å². The number of hydrogen-bond donors (Lipinski definition) is 2. The second kappa shape index (κ2) is 10.5. The van der Waals surface area contributed by atoms with Crippen LogP contribution in [-0.4, -0.2) is 46.3 Å². The highest BCUT2D eigenvalue weighted by molar-refractivity contribution is 5.92. The summed E-state index contributed by atoms with van der Waals surface area (Å²) in [5.41, 5.74) is -3.39. The van der Waals surface area contributed by atoms with Crippen LogP contribution in [0.3, 0.4) is 0 Å². The molecule has 1 unspecified atom stereocenters. The molecule has 4 aromatic rings. The van der Waals surface area contributed by atoms with Gasteiger partial charge < -0.3 is 15.3 Å². The quantitative estimate of drug-likeness (QED) is 0.248. The lowest BCUT2D eigenvalue weighted by molar-refractivity contribution is -0.250. The molecular weight excluding hydrogens is 517 g/mol. The maximum atomic E-state index is 14.4. The minimum atomic E-state index is -5.15. The van der Waals surface area contributed by atoms with E-state index in [4.69, 9.17) is 0 Å². The molecule has 1 aromatic heterocycles. The van der Waals surface area contributed by atoms with Crippen molar-refractivity contribution in [1.29, 1.82) is 0 Å². The Morgan fingerprint density at radius 2 is 1.66 bits per heavy atom. The van der Waals surface area contributed by atoms with Gasteiger partial charge in [-0.2, -0.15) is 18.3 Å². The topological polar surface area (TPSA) is 53.3 Å². The molecule has 0 amide bonds. The third-order valence-electron chi connectivity index (χ3n) is 6.05. The highest BCUT2D eigenvalue weighted by Gasteiger charge is 2.54. The minimum Gasteiger partial charge on any atom is -0.381 e. The standard InChI is InChI=1S/C26H23F7N4O/c1-2-10-36(24-12-17(28)6-8-19(24)29)15-25(38,26(31,32)33)14-34-21-4-3-5-22-18(21)13-35-37(22)23-9-7-16(27)11-20(23)30/h3-9,11-13,34,38H,2,10,14-15H2,1H3. The summed E-state index contributed by atoms with van der Waals surface area (Å²) in [7, 11) is 0. The number of benzene rings is 3. The van der Waals surface area contributed by atoms with Gasteiger partial charge >= 0.3 is 6.18 Å². The third-order valence-corrected chi connectivity index (χ3v) is 6.05. The molecule has 12 heteroatoms. The molecule has 2 N–H and O–H groups in total. The fourth-order valence-electron chi connectivity index (χ4n) is 4.14. The zero-order chi connectivity index (χ0) is 27.7. The van der Waals surface area contributed by atoms with E-state index in [1.807, 2.05) is 0 Å². The second-order valence-corrected chi connectivity index (χ2v) is 8.79. The van der Waals surface area contributed by atoms with Gasteiger partial charge in [0.2, 0.25) is 0 Å². The molecule has 0 fully saturated rings. The monoisotopic (exact) mass is 540 g/mol. The first-order valence-electron chi connectivity index (χ1n) is 11.6. The number of halogens is 7. The van der Waals surface area contributed by atoms with Gasteiger partial charge in [-0.1, -0.05) is 13.0 Å². The number of nitrogens with zero attached hydrogens (tertiary/aromatic N) is 3. The highest BCUT2D eigenvalue weighted by Crippen LogP contribution is 2.35. The van der Waals surface area contributed by atoms with E-state index in [1.54, 1.807) is 13.0 Å². The Morgan fingerprint density at radius 3 is 2.34 bits per heavy atom. The van der Waals surface area contributed by atoms with Crippen molar-refractivity contribution in [2.24, 2.45) is 0 Å². The van der Waals surface area contributed by atoms with E-state index < -0.39 is 53.8 Å². The van der Waals surface area contributed by atoms with E-state index in [9.17, 15) is 35.8 Å². The molecule has 0 saturated carbocycles. The zero-order valence-electron chi connectivity index (χ0n) is 20.0. The lowest BCUT2D eigenvalue weighted by atomic mass is 10.0. The van der Waals surface area contributed by atoms with Crippen LogP contribution in [0.15, 0.2) is 60.8 Å². The van der Waals surface area contributed by atoms with Crippen LogP contribution in [0.1, 0.15) is 13.3 Å². The summed E-state index contributed by atoms with van der Waals surface area (Å²) in [6, 6.07) is 9.80. The van der Waals surface area contributed by atoms with Crippen LogP contribution in [0, 0.1) is 23.3 Å². The maximum absolute atomic E-state index is 14.4. The first kappa shape index (κ1) is 27.2. The highest BCUT2D eigenvalue weighted by atomic mass is 19.4. The predicted molar refractivity (Wildman–Crippen MR) is 129 cm³/mol. The SMILES string of the molecule is CCCN(CC(O)(CNc1cccc2c1cnn2-c1ccc(F)cc1F)C(F)(F)F)c1cc(F)ccc1F. The normalized spacial score (nSPS) is 13.5. The number of alkyl halides is 3. The van der Waals surface area contributed by atoms with Crippen molar-refractivity contribution in [3.05, 3.63) is 84.1 Å². The molecule has 202 valence electrons. The molecule has 0 spiro atoms. The summed E-state index contributed by atoms with van der Waals surface area (Å²) >= 11 is 0. The fraction of sp³-hybridized carbons (Fsp3) is 0.269. The van der Waals surface area contributed by atoms with Crippen LogP contribution in [0.4, 0.5) is 42.1 Å². The Hall–Kier alpha value is -3.80. The van der Waals surface area contributed by atoms with Crippen LogP contribution in [0.25, 0.3) is 16.6 Å². The molecule has 1 atom stereocenters. The molecule has 0 aliphatic heterocycles. The molecule has 38 heavy (non-hydrogen) atoms. The number of aliphatic hydroxyl groups is 1. The summed E-state index contributed by atoms with van der Waals surface area (Å²) < 4.78 is 99.4. The Balaban J connectivity index is 1.65. The van der Waals surface area contributed by atoms with Crippen LogP contribution >= 0.6 is 0 Å². The number of aromatic nitrogens is 2. The van der Waals surface area contributed by atoms with Crippen LogP contribution in [0.2, 0.25) is 0 Å². The summed E-state index contributed by atoms with van der Waals surface area (Å²) in [5.74, 6) is -3.44. The van der Waals surface area contributed by atoms with Gasteiger partial charge in [0.05, 0.1) is 30.5 Å². The average Bonchev–Trinajstić information content (AvgIpc) is 3.28. The molecule has 0 aliphatic carbocycles. The summed E-state index contributed by atoms with van der Waals surface area (Å²) in [6.07, 6.45) is -3.56. The van der Waals surface area contributed by atoms with Crippen molar-refractivity contribution < 1.29 is 35.8 Å². The van der Waals surface area contributed by atoms with E-state index in [0.29, 0.717) is 23.4 Å². The van der Waals surface area contributed by atoms with E-state index in [0.717, 1.165) is 29.2 Å². The van der Waals surface area contributed by atoms with Gasteiger partial charge in [0.1, 0.15) is 23.1 Å². The van der Waals surface area contributed by atoms with Gasteiger partial charge in [0, 0.05) is 29.8 Å². The minimum absolute atomic E-state index is 0.0716. The van der Waals surface area contributed by atoms with Gasteiger partial charge in [0.15, 0.2) is 11.4 Å². The summed E-state index contributed by atoms with van der Waals surface area (Å²) in [6.45, 7) is -0.543. The maximum Gasteiger partial charge on any atom is 0.420 e. The van der Waals surface area contributed by atoms with Crippen molar-refractivity contribution >= 4 is 22.3 Å². The van der Waals surface area contributed by atoms with Crippen molar-refractivity contribution in [3.63, 3.8) is 0 Å². The zero-order valence-corrected chi connectivity index (χ0v) is 20.0. The van der Waals surface area contributed by atoms with Crippen molar-refractivity contribution in [3.8, 4) is 5.69 Å². The molecule has 1 heterocycles. The Kier molecular flexibility index (Phi) is 7.54. The first-order chi connectivity index (χ1) is 17.9. The van der Waals surface area contributed by atoms with Crippen molar-refractivity contribution in [1.82, 2.24) is 9.78 Å². The van der Waals surface area contributed by atoms with Crippen molar-refractivity contribution in [2.45, 2.75) is 25.1 Å². The first-order valence-corrected chi connectivity index (χ1v) is 11.6.